The van der Waals surface area contributed by atoms with Gasteiger partial charge < -0.3 is 40.3 Å². The van der Waals surface area contributed by atoms with E-state index in [1.165, 1.54) is 10.9 Å². The number of aromatic amines is 1. The summed E-state index contributed by atoms with van der Waals surface area (Å²) in [5.74, 6) is -0.0673. The topological polar surface area (TPSA) is 233 Å². The van der Waals surface area contributed by atoms with Crippen molar-refractivity contribution in [2.75, 3.05) is 11.9 Å². The van der Waals surface area contributed by atoms with Gasteiger partial charge in [-0.2, -0.15) is 4.98 Å². The van der Waals surface area contributed by atoms with Crippen LogP contribution in [0.5, 0.6) is 0 Å². The van der Waals surface area contributed by atoms with Crippen LogP contribution in [-0.2, 0) is 13.8 Å². The van der Waals surface area contributed by atoms with Crippen molar-refractivity contribution in [2.45, 2.75) is 56.1 Å². The molecule has 15 nitrogen and oxygen atoms in total. The lowest BCUT2D eigenvalue weighted by molar-refractivity contribution is -0.0767. The van der Waals surface area contributed by atoms with Crippen molar-refractivity contribution in [1.29, 1.82) is 0 Å². The van der Waals surface area contributed by atoms with Crippen LogP contribution >= 0.6 is 7.82 Å². The molecule has 3 heterocycles. The Balaban J connectivity index is 1.29. The highest BCUT2D eigenvalue weighted by atomic mass is 31.2. The summed E-state index contributed by atoms with van der Waals surface area (Å²) in [6, 6.07) is 12.4. The number of aromatic nitrogens is 4. The molecule has 0 saturated carbocycles. The smallest absolute Gasteiger partial charge is 0.390 e. The zero-order chi connectivity index (χ0) is 31.8. The largest absolute Gasteiger partial charge is 0.469 e. The Kier molecular flexibility index (Phi) is 7.28. The molecule has 8 N–H and O–H groups in total. The van der Waals surface area contributed by atoms with E-state index in [4.69, 9.17) is 14.5 Å². The van der Waals surface area contributed by atoms with Crippen molar-refractivity contribution in [1.82, 2.24) is 19.5 Å². The molecule has 3 aromatic carbocycles. The number of imidazole rings is 1. The van der Waals surface area contributed by atoms with E-state index in [2.05, 4.69) is 24.8 Å². The van der Waals surface area contributed by atoms with Crippen LogP contribution < -0.4 is 10.9 Å². The summed E-state index contributed by atoms with van der Waals surface area (Å²) in [4.78, 5) is 42.4. The van der Waals surface area contributed by atoms with Crippen molar-refractivity contribution < 1.29 is 44.0 Å². The number of aliphatic hydroxyl groups excluding tert-OH is 4. The van der Waals surface area contributed by atoms with Gasteiger partial charge in [0.2, 0.25) is 5.95 Å². The summed E-state index contributed by atoms with van der Waals surface area (Å²) in [5.41, 5.74) is 1.37. The monoisotopic (exact) mass is 639 g/mol. The molecule has 1 saturated heterocycles. The highest BCUT2D eigenvalue weighted by molar-refractivity contribution is 7.46. The molecule has 1 fully saturated rings. The van der Waals surface area contributed by atoms with Crippen LogP contribution in [0.3, 0.4) is 0 Å². The molecule has 1 aliphatic carbocycles. The number of hydrogen-bond donors (Lipinski definition) is 8. The Morgan fingerprint density at radius 2 is 1.87 bits per heavy atom. The SMILES string of the molecule is Cc1c2ccccc2cc2c3c(ccc12)[C@H](O)[C@@H](O)[C@@H](O)[C@@H]3Nc1nc2c(ncn2C2CC(O)C(COP(=O)(O)O)O2)c(=O)[nH]1. The number of phosphoric ester groups is 1. The average Bonchev–Trinajstić information content (AvgIpc) is 3.60. The zero-order valence-electron chi connectivity index (χ0n) is 23.7. The Labute approximate surface area is 254 Å². The van der Waals surface area contributed by atoms with Crippen molar-refractivity contribution in [3.8, 4) is 0 Å². The number of aryl methyl sites for hydroxylation is 1. The normalized spacial score (nSPS) is 27.0. The molecule has 5 aromatic rings. The third-order valence-corrected chi connectivity index (χ3v) is 9.17. The highest BCUT2D eigenvalue weighted by Gasteiger charge is 2.42. The van der Waals surface area contributed by atoms with E-state index in [0.29, 0.717) is 11.1 Å². The van der Waals surface area contributed by atoms with Gasteiger partial charge in [0.15, 0.2) is 11.2 Å². The molecule has 0 bridgehead atoms. The van der Waals surface area contributed by atoms with Crippen LogP contribution in [0.4, 0.5) is 5.95 Å². The van der Waals surface area contributed by atoms with Crippen LogP contribution in [0.1, 0.15) is 41.5 Å². The summed E-state index contributed by atoms with van der Waals surface area (Å²) in [6.45, 7) is 1.42. The maximum absolute atomic E-state index is 13.1. The van der Waals surface area contributed by atoms with Crippen molar-refractivity contribution in [3.05, 3.63) is 75.8 Å². The standard InChI is InChI=1S/C29H30N5O10P/c1-12-14-5-3-2-4-13(14)8-17-15(12)6-7-16-21(17)22(25(37)26(38)24(16)36)31-29-32-27-23(28(39)33-29)30-11-34(27)20-9-18(35)19(44-20)10-43-45(40,41)42/h2-8,11,18-20,22,24-26,35-38H,9-10H2,1H3,(H2,40,41,42)(H2,31,32,33,39)/t18?,19?,20?,22-,24+,25+,26-/m1/s1. The molecule has 3 unspecified atom stereocenters. The minimum Gasteiger partial charge on any atom is -0.390 e. The summed E-state index contributed by atoms with van der Waals surface area (Å²) >= 11 is 0. The molecule has 7 rings (SSSR count). The van der Waals surface area contributed by atoms with E-state index >= 15 is 0 Å². The molecule has 2 aliphatic rings. The van der Waals surface area contributed by atoms with E-state index < -0.39 is 62.8 Å². The number of aliphatic hydroxyl groups is 4. The third kappa shape index (κ3) is 5.12. The zero-order valence-corrected chi connectivity index (χ0v) is 24.6. The molecule has 16 heteroatoms. The van der Waals surface area contributed by atoms with Gasteiger partial charge >= 0.3 is 7.82 Å². The first-order valence-electron chi connectivity index (χ1n) is 14.2. The number of fused-ring (bicyclic) bond motifs is 5. The number of nitrogens with one attached hydrogen (secondary N) is 2. The number of benzene rings is 3. The van der Waals surface area contributed by atoms with Gasteiger partial charge in [-0.1, -0.05) is 36.4 Å². The third-order valence-electron chi connectivity index (χ3n) is 8.68. The Morgan fingerprint density at radius 3 is 2.64 bits per heavy atom. The molecule has 1 aliphatic heterocycles. The van der Waals surface area contributed by atoms with Crippen LogP contribution in [-0.4, -0.2) is 80.8 Å². The summed E-state index contributed by atoms with van der Waals surface area (Å²) in [5, 5.41) is 50.2. The maximum Gasteiger partial charge on any atom is 0.469 e. The van der Waals surface area contributed by atoms with Crippen molar-refractivity contribution >= 4 is 46.5 Å². The number of H-pyrrole nitrogens is 1. The Morgan fingerprint density at radius 1 is 1.09 bits per heavy atom. The Hall–Kier alpha value is -3.76. The highest BCUT2D eigenvalue weighted by Crippen LogP contribution is 2.44. The molecule has 2 aromatic heterocycles. The minimum atomic E-state index is -4.79. The van der Waals surface area contributed by atoms with Crippen LogP contribution in [0.25, 0.3) is 32.7 Å². The van der Waals surface area contributed by atoms with E-state index in [9.17, 15) is 29.8 Å². The lowest BCUT2D eigenvalue weighted by Crippen LogP contribution is -2.44. The second-order valence-corrected chi connectivity index (χ2v) is 12.6. The summed E-state index contributed by atoms with van der Waals surface area (Å²) < 4.78 is 22.8. The molecule has 0 radical (unpaired) electrons. The van der Waals surface area contributed by atoms with Crippen LogP contribution in [0, 0.1) is 6.92 Å². The number of ether oxygens (including phenoxy) is 1. The first kappa shape index (κ1) is 29.9. The quantitative estimate of drug-likeness (QED) is 0.0971. The van der Waals surface area contributed by atoms with E-state index in [1.807, 2.05) is 43.3 Å². The van der Waals surface area contributed by atoms with Gasteiger partial charge in [-0.15, -0.1) is 0 Å². The van der Waals surface area contributed by atoms with Gasteiger partial charge in [-0.3, -0.25) is 18.9 Å². The fraction of sp³-hybridized carbons (Fsp3) is 0.345. The first-order chi connectivity index (χ1) is 21.4. The lowest BCUT2D eigenvalue weighted by Gasteiger charge is -2.38. The van der Waals surface area contributed by atoms with E-state index in [0.717, 1.165) is 27.1 Å². The van der Waals surface area contributed by atoms with Crippen molar-refractivity contribution in [3.63, 3.8) is 0 Å². The maximum atomic E-state index is 13.1. The lowest BCUT2D eigenvalue weighted by atomic mass is 9.78. The van der Waals surface area contributed by atoms with Gasteiger partial charge in [-0.25, -0.2) is 9.55 Å². The predicted molar refractivity (Wildman–Crippen MR) is 160 cm³/mol. The van der Waals surface area contributed by atoms with E-state index in [-0.39, 0.29) is 23.5 Å². The fourth-order valence-electron chi connectivity index (χ4n) is 6.46. The summed E-state index contributed by atoms with van der Waals surface area (Å²) in [7, 11) is -4.79. The molecule has 45 heavy (non-hydrogen) atoms. The summed E-state index contributed by atoms with van der Waals surface area (Å²) in [6.07, 6.45) is -6.20. The molecule has 0 spiro atoms. The van der Waals surface area contributed by atoms with Gasteiger partial charge in [0.05, 0.1) is 25.1 Å². The van der Waals surface area contributed by atoms with Crippen LogP contribution in [0.2, 0.25) is 0 Å². The second-order valence-electron chi connectivity index (χ2n) is 11.4. The second kappa shape index (κ2) is 10.9. The average molecular weight is 640 g/mol. The number of hydrogen-bond acceptors (Lipinski definition) is 11. The van der Waals surface area contributed by atoms with Gasteiger partial charge in [0.25, 0.3) is 5.56 Å². The molecule has 0 amide bonds. The number of phosphoric acid groups is 1. The van der Waals surface area contributed by atoms with Crippen molar-refractivity contribution in [2.24, 2.45) is 0 Å². The predicted octanol–water partition coefficient (Wildman–Crippen LogP) is 1.41. The van der Waals surface area contributed by atoms with Gasteiger partial charge in [0.1, 0.15) is 30.6 Å². The molecular formula is C29H30N5O10P. The Bertz CT molecular complexity index is 2060. The number of nitrogens with zero attached hydrogens (tertiary/aromatic N) is 3. The van der Waals surface area contributed by atoms with Gasteiger partial charge in [0, 0.05) is 6.42 Å². The fourth-order valence-corrected chi connectivity index (χ4v) is 6.80. The minimum absolute atomic E-state index is 0.00399. The van der Waals surface area contributed by atoms with Crippen LogP contribution in [0.15, 0.2) is 53.6 Å². The number of rotatable bonds is 6. The molecule has 236 valence electrons. The number of anilines is 1. The first-order valence-corrected chi connectivity index (χ1v) is 15.7. The molecular weight excluding hydrogens is 609 g/mol. The van der Waals surface area contributed by atoms with E-state index in [1.54, 1.807) is 6.07 Å². The van der Waals surface area contributed by atoms with Gasteiger partial charge in [-0.05, 0) is 51.2 Å². The molecule has 7 atom stereocenters.